The molecule has 0 fully saturated rings. The molecule has 0 radical (unpaired) electrons. The van der Waals surface area contributed by atoms with Crippen molar-refractivity contribution in [1.29, 1.82) is 0 Å². The van der Waals surface area contributed by atoms with Crippen molar-refractivity contribution in [1.82, 2.24) is 9.97 Å². The fourth-order valence-corrected chi connectivity index (χ4v) is 3.25. The molecule has 2 aliphatic heterocycles. The van der Waals surface area contributed by atoms with E-state index in [1.165, 1.54) is 0 Å². The van der Waals surface area contributed by atoms with Crippen LogP contribution in [0.3, 0.4) is 0 Å². The van der Waals surface area contributed by atoms with Gasteiger partial charge < -0.3 is 20.1 Å². The number of hydrogen-bond acceptors (Lipinski definition) is 6. The molecule has 1 amide bonds. The summed E-state index contributed by atoms with van der Waals surface area (Å²) in [6.07, 6.45) is 1.94. The number of aromatic nitrogens is 2. The lowest BCUT2D eigenvalue weighted by Gasteiger charge is -2.19. The summed E-state index contributed by atoms with van der Waals surface area (Å²) in [6.45, 7) is 1.09. The van der Waals surface area contributed by atoms with Gasteiger partial charge in [0.05, 0.1) is 17.8 Å². The molecule has 0 aliphatic carbocycles. The van der Waals surface area contributed by atoms with Gasteiger partial charge in [0.25, 0.3) is 0 Å². The molecule has 3 aromatic rings. The van der Waals surface area contributed by atoms with Crippen LogP contribution in [0.2, 0.25) is 0 Å². The third-order valence-electron chi connectivity index (χ3n) is 4.47. The number of rotatable bonds is 2. The highest BCUT2D eigenvalue weighted by molar-refractivity contribution is 5.99. The summed E-state index contributed by atoms with van der Waals surface area (Å²) in [5.41, 5.74) is 3.98. The maximum Gasteiger partial charge on any atom is 0.228 e. The number of carbonyl (C=O) groups excluding carboxylic acids is 1. The third-order valence-corrected chi connectivity index (χ3v) is 4.47. The molecule has 2 aliphatic rings. The van der Waals surface area contributed by atoms with Crippen LogP contribution in [0.1, 0.15) is 5.56 Å². The predicted octanol–water partition coefficient (Wildman–Crippen LogP) is 3.15. The molecule has 0 saturated heterocycles. The number of nitrogens with one attached hydrogen (secondary N) is 2. The molecular formula is C20H16N4O3. The summed E-state index contributed by atoms with van der Waals surface area (Å²) in [5, 5.41) is 6.12. The molecule has 0 saturated carbocycles. The Hall–Kier alpha value is -3.61. The maximum absolute atomic E-state index is 12.1. The molecule has 1 aromatic heterocycles. The number of amides is 1. The van der Waals surface area contributed by atoms with Crippen LogP contribution >= 0.6 is 0 Å². The zero-order chi connectivity index (χ0) is 18.2. The first-order valence-electron chi connectivity index (χ1n) is 8.68. The lowest BCUT2D eigenvalue weighted by molar-refractivity contribution is -0.115. The Morgan fingerprint density at radius 1 is 1.04 bits per heavy atom. The van der Waals surface area contributed by atoms with Crippen molar-refractivity contribution in [2.45, 2.75) is 6.42 Å². The van der Waals surface area contributed by atoms with Gasteiger partial charge in [-0.05, 0) is 18.2 Å². The Labute approximate surface area is 155 Å². The van der Waals surface area contributed by atoms with Gasteiger partial charge in [0.2, 0.25) is 11.9 Å². The monoisotopic (exact) mass is 360 g/mol. The Morgan fingerprint density at radius 3 is 2.81 bits per heavy atom. The van der Waals surface area contributed by atoms with Crippen LogP contribution in [-0.4, -0.2) is 29.1 Å². The second-order valence-corrected chi connectivity index (χ2v) is 6.32. The van der Waals surface area contributed by atoms with Crippen LogP contribution in [0.5, 0.6) is 11.5 Å². The molecular weight excluding hydrogens is 344 g/mol. The summed E-state index contributed by atoms with van der Waals surface area (Å²) < 4.78 is 11.2. The van der Waals surface area contributed by atoms with E-state index in [4.69, 9.17) is 9.47 Å². The van der Waals surface area contributed by atoms with Gasteiger partial charge in [-0.25, -0.2) is 9.97 Å². The van der Waals surface area contributed by atoms with Crippen molar-refractivity contribution in [2.24, 2.45) is 0 Å². The minimum Gasteiger partial charge on any atom is -0.486 e. The molecule has 2 N–H and O–H groups in total. The van der Waals surface area contributed by atoms with E-state index in [-0.39, 0.29) is 12.3 Å². The Bertz CT molecular complexity index is 1050. The third kappa shape index (κ3) is 2.93. The van der Waals surface area contributed by atoms with E-state index in [0.717, 1.165) is 33.9 Å². The van der Waals surface area contributed by atoms with Crippen LogP contribution in [0.15, 0.2) is 48.7 Å². The number of fused-ring (bicyclic) bond motifs is 4. The van der Waals surface area contributed by atoms with Gasteiger partial charge in [0.1, 0.15) is 13.2 Å². The smallest absolute Gasteiger partial charge is 0.228 e. The SMILES string of the molecule is O=C1Cc2cnc(Nc3ccc4c(c3)OCCO4)nc2-c2ccccc2N1. The minimum atomic E-state index is -0.0719. The highest BCUT2D eigenvalue weighted by Gasteiger charge is 2.21. The minimum absolute atomic E-state index is 0.0719. The molecule has 3 heterocycles. The zero-order valence-corrected chi connectivity index (χ0v) is 14.4. The van der Waals surface area contributed by atoms with Crippen molar-refractivity contribution in [3.8, 4) is 22.8 Å². The first-order valence-corrected chi connectivity index (χ1v) is 8.68. The number of hydrogen-bond donors (Lipinski definition) is 2. The fourth-order valence-electron chi connectivity index (χ4n) is 3.25. The molecule has 0 atom stereocenters. The first kappa shape index (κ1) is 15.6. The summed E-state index contributed by atoms with van der Waals surface area (Å²) in [5.74, 6) is 1.81. The van der Waals surface area contributed by atoms with Crippen molar-refractivity contribution in [3.63, 3.8) is 0 Å². The number of ether oxygens (including phenoxy) is 2. The van der Waals surface area contributed by atoms with Gasteiger partial charge in [-0.15, -0.1) is 0 Å². The average Bonchev–Trinajstić information content (AvgIpc) is 2.83. The van der Waals surface area contributed by atoms with Crippen molar-refractivity contribution in [3.05, 3.63) is 54.2 Å². The molecule has 0 bridgehead atoms. The standard InChI is InChI=1S/C20H16N4O3/c25-18-9-12-11-21-20(24-19(12)14-3-1-2-4-15(14)23-18)22-13-5-6-16-17(10-13)27-8-7-26-16/h1-6,10-11H,7-9H2,(H,23,25)(H,21,22,24). The Balaban J connectivity index is 1.52. The van der Waals surface area contributed by atoms with Gasteiger partial charge in [-0.1, -0.05) is 18.2 Å². The second kappa shape index (κ2) is 6.28. The summed E-state index contributed by atoms with van der Waals surface area (Å²) in [7, 11) is 0. The Kier molecular flexibility index (Phi) is 3.64. The van der Waals surface area contributed by atoms with Gasteiger partial charge in [-0.2, -0.15) is 0 Å². The van der Waals surface area contributed by atoms with Crippen LogP contribution in [0, 0.1) is 0 Å². The Morgan fingerprint density at radius 2 is 1.89 bits per heavy atom. The van der Waals surface area contributed by atoms with Gasteiger partial charge in [-0.3, -0.25) is 4.79 Å². The van der Waals surface area contributed by atoms with E-state index in [1.807, 2.05) is 42.5 Å². The topological polar surface area (TPSA) is 85.4 Å². The van der Waals surface area contributed by atoms with E-state index >= 15 is 0 Å². The fraction of sp³-hybridized carbons (Fsp3) is 0.150. The molecule has 7 nitrogen and oxygen atoms in total. The van der Waals surface area contributed by atoms with Crippen molar-refractivity contribution in [2.75, 3.05) is 23.8 Å². The van der Waals surface area contributed by atoms with Gasteiger partial charge in [0.15, 0.2) is 11.5 Å². The van der Waals surface area contributed by atoms with Crippen LogP contribution in [0.25, 0.3) is 11.3 Å². The van der Waals surface area contributed by atoms with Crippen molar-refractivity contribution >= 4 is 23.2 Å². The number of nitrogens with zero attached hydrogens (tertiary/aromatic N) is 2. The van der Waals surface area contributed by atoms with E-state index < -0.39 is 0 Å². The largest absolute Gasteiger partial charge is 0.486 e. The lowest BCUT2D eigenvalue weighted by atomic mass is 10.1. The van der Waals surface area contributed by atoms with E-state index in [1.54, 1.807) is 6.20 Å². The summed E-state index contributed by atoms with van der Waals surface area (Å²) in [6, 6.07) is 13.2. The van der Waals surface area contributed by atoms with Crippen LogP contribution < -0.4 is 20.1 Å². The predicted molar refractivity (Wildman–Crippen MR) is 101 cm³/mol. The first-order chi connectivity index (χ1) is 13.3. The number of para-hydroxylation sites is 1. The molecule has 0 unspecified atom stereocenters. The number of benzene rings is 2. The summed E-state index contributed by atoms with van der Waals surface area (Å²) in [4.78, 5) is 21.2. The van der Waals surface area contributed by atoms with Crippen LogP contribution in [0.4, 0.5) is 17.3 Å². The molecule has 134 valence electrons. The van der Waals surface area contributed by atoms with Gasteiger partial charge in [0, 0.05) is 29.1 Å². The highest BCUT2D eigenvalue weighted by Crippen LogP contribution is 2.35. The molecule has 7 heteroatoms. The average molecular weight is 360 g/mol. The normalized spacial score (nSPS) is 14.4. The lowest BCUT2D eigenvalue weighted by Crippen LogP contribution is -2.15. The van der Waals surface area contributed by atoms with Crippen molar-refractivity contribution < 1.29 is 14.3 Å². The summed E-state index contributed by atoms with van der Waals surface area (Å²) >= 11 is 0. The van der Waals surface area contributed by atoms with Crippen LogP contribution in [-0.2, 0) is 11.2 Å². The molecule has 5 rings (SSSR count). The highest BCUT2D eigenvalue weighted by atomic mass is 16.6. The van der Waals surface area contributed by atoms with E-state index in [9.17, 15) is 4.79 Å². The second-order valence-electron chi connectivity index (χ2n) is 6.32. The quantitative estimate of drug-likeness (QED) is 0.730. The van der Waals surface area contributed by atoms with Gasteiger partial charge >= 0.3 is 0 Å². The zero-order valence-electron chi connectivity index (χ0n) is 14.4. The maximum atomic E-state index is 12.1. The molecule has 27 heavy (non-hydrogen) atoms. The molecule has 2 aromatic carbocycles. The van der Waals surface area contributed by atoms with E-state index in [2.05, 4.69) is 20.6 Å². The number of anilines is 3. The molecule has 0 spiro atoms. The van der Waals surface area contributed by atoms with E-state index in [0.29, 0.717) is 24.9 Å². The number of carbonyl (C=O) groups is 1.